The van der Waals surface area contributed by atoms with Crippen LogP contribution < -0.4 is 5.32 Å². The molecule has 1 aliphatic rings. The van der Waals surface area contributed by atoms with Crippen LogP contribution in [0, 0.1) is 5.92 Å². The van der Waals surface area contributed by atoms with Gasteiger partial charge in [0.25, 0.3) is 0 Å². The molecular formula is C19H27N3O. The minimum atomic E-state index is 0.217. The minimum absolute atomic E-state index is 0.217. The van der Waals surface area contributed by atoms with Gasteiger partial charge in [-0.25, -0.2) is 0 Å². The molecule has 4 heteroatoms. The molecule has 0 amide bonds. The van der Waals surface area contributed by atoms with Crippen LogP contribution in [0.3, 0.4) is 0 Å². The molecule has 0 saturated carbocycles. The largest absolute Gasteiger partial charge is 0.373 e. The molecule has 1 aromatic heterocycles. The summed E-state index contributed by atoms with van der Waals surface area (Å²) in [6.45, 7) is 8.32. The SMILES string of the molecule is CC(C)n1cc([C@H](C)NC[C@H]2CCO[C@@H]2c2ccccc2)cn1. The van der Waals surface area contributed by atoms with Crippen LogP contribution in [0.5, 0.6) is 0 Å². The molecule has 1 saturated heterocycles. The number of hydrogen-bond acceptors (Lipinski definition) is 3. The van der Waals surface area contributed by atoms with Gasteiger partial charge in [-0.1, -0.05) is 30.3 Å². The fourth-order valence-corrected chi connectivity index (χ4v) is 3.16. The van der Waals surface area contributed by atoms with Gasteiger partial charge in [-0.2, -0.15) is 5.10 Å². The third-order valence-corrected chi connectivity index (χ3v) is 4.68. The van der Waals surface area contributed by atoms with Crippen LogP contribution in [0.15, 0.2) is 42.7 Å². The summed E-state index contributed by atoms with van der Waals surface area (Å²) in [6.07, 6.45) is 5.44. The first-order valence-corrected chi connectivity index (χ1v) is 8.59. The Labute approximate surface area is 138 Å². The quantitative estimate of drug-likeness (QED) is 0.879. The standard InChI is InChI=1S/C19H27N3O/c1-14(2)22-13-18(12-21-22)15(3)20-11-17-9-10-23-19(17)16-7-5-4-6-8-16/h4-8,12-15,17,19-20H,9-11H2,1-3H3/t15-,17+,19+/m0/s1. The number of aromatic nitrogens is 2. The van der Waals surface area contributed by atoms with Gasteiger partial charge in [-0.05, 0) is 32.8 Å². The average molecular weight is 313 g/mol. The highest BCUT2D eigenvalue weighted by molar-refractivity contribution is 5.19. The van der Waals surface area contributed by atoms with Crippen LogP contribution in [-0.4, -0.2) is 22.9 Å². The molecule has 1 aromatic carbocycles. The van der Waals surface area contributed by atoms with Crippen molar-refractivity contribution in [2.24, 2.45) is 5.92 Å². The maximum absolute atomic E-state index is 5.97. The summed E-state index contributed by atoms with van der Waals surface area (Å²) in [7, 11) is 0. The van der Waals surface area contributed by atoms with Crippen LogP contribution in [0.1, 0.15) is 56.5 Å². The van der Waals surface area contributed by atoms with E-state index in [9.17, 15) is 0 Å². The highest BCUT2D eigenvalue weighted by atomic mass is 16.5. The molecule has 0 unspecified atom stereocenters. The van der Waals surface area contributed by atoms with E-state index in [-0.39, 0.29) is 6.10 Å². The van der Waals surface area contributed by atoms with Crippen LogP contribution in [0.4, 0.5) is 0 Å². The van der Waals surface area contributed by atoms with E-state index in [1.807, 2.05) is 10.9 Å². The van der Waals surface area contributed by atoms with E-state index in [4.69, 9.17) is 4.74 Å². The van der Waals surface area contributed by atoms with E-state index in [0.29, 0.717) is 18.0 Å². The first kappa shape index (κ1) is 16.2. The van der Waals surface area contributed by atoms with Gasteiger partial charge in [0.1, 0.15) is 0 Å². The lowest BCUT2D eigenvalue weighted by molar-refractivity contribution is 0.0899. The highest BCUT2D eigenvalue weighted by Crippen LogP contribution is 2.34. The summed E-state index contributed by atoms with van der Waals surface area (Å²) in [5, 5.41) is 8.09. The lowest BCUT2D eigenvalue weighted by atomic mass is 9.95. The van der Waals surface area contributed by atoms with E-state index in [0.717, 1.165) is 19.6 Å². The first-order valence-electron chi connectivity index (χ1n) is 8.59. The van der Waals surface area contributed by atoms with Crippen molar-refractivity contribution >= 4 is 0 Å². The third-order valence-electron chi connectivity index (χ3n) is 4.68. The van der Waals surface area contributed by atoms with Crippen molar-refractivity contribution in [2.75, 3.05) is 13.2 Å². The first-order chi connectivity index (χ1) is 11.1. The molecule has 4 nitrogen and oxygen atoms in total. The van der Waals surface area contributed by atoms with Crippen LogP contribution in [0.2, 0.25) is 0 Å². The monoisotopic (exact) mass is 313 g/mol. The molecule has 2 heterocycles. The summed E-state index contributed by atoms with van der Waals surface area (Å²) < 4.78 is 7.98. The predicted molar refractivity (Wildman–Crippen MR) is 92.3 cm³/mol. The fraction of sp³-hybridized carbons (Fsp3) is 0.526. The molecule has 3 rings (SSSR count). The fourth-order valence-electron chi connectivity index (χ4n) is 3.16. The molecule has 23 heavy (non-hydrogen) atoms. The molecule has 0 aliphatic carbocycles. The van der Waals surface area contributed by atoms with Crippen molar-refractivity contribution in [3.63, 3.8) is 0 Å². The Balaban J connectivity index is 1.58. The van der Waals surface area contributed by atoms with E-state index >= 15 is 0 Å². The Hall–Kier alpha value is -1.65. The molecule has 1 N–H and O–H groups in total. The van der Waals surface area contributed by atoms with Crippen LogP contribution in [-0.2, 0) is 4.74 Å². The van der Waals surface area contributed by atoms with Gasteiger partial charge < -0.3 is 10.1 Å². The van der Waals surface area contributed by atoms with Crippen LogP contribution >= 0.6 is 0 Å². The Morgan fingerprint density at radius 1 is 1.26 bits per heavy atom. The maximum atomic E-state index is 5.97. The van der Waals surface area contributed by atoms with E-state index in [1.165, 1.54) is 11.1 Å². The molecule has 3 atom stereocenters. The van der Waals surface area contributed by atoms with E-state index in [1.54, 1.807) is 0 Å². The van der Waals surface area contributed by atoms with Crippen molar-refractivity contribution in [3.05, 3.63) is 53.9 Å². The molecule has 0 spiro atoms. The Kier molecular flexibility index (Phi) is 5.13. The minimum Gasteiger partial charge on any atom is -0.373 e. The second kappa shape index (κ2) is 7.28. The lowest BCUT2D eigenvalue weighted by Gasteiger charge is -2.21. The van der Waals surface area contributed by atoms with Crippen molar-refractivity contribution < 1.29 is 4.74 Å². The lowest BCUT2D eigenvalue weighted by Crippen LogP contribution is -2.27. The number of nitrogens with zero attached hydrogens (tertiary/aromatic N) is 2. The summed E-state index contributed by atoms with van der Waals surface area (Å²) in [5.41, 5.74) is 2.53. The normalized spacial score (nSPS) is 22.6. The Morgan fingerprint density at radius 2 is 2.04 bits per heavy atom. The molecule has 124 valence electrons. The summed E-state index contributed by atoms with van der Waals surface area (Å²) in [5.74, 6) is 0.528. The van der Waals surface area contributed by atoms with Crippen molar-refractivity contribution in [1.29, 1.82) is 0 Å². The molecule has 2 aromatic rings. The maximum Gasteiger partial charge on any atom is 0.0866 e. The summed E-state index contributed by atoms with van der Waals surface area (Å²) >= 11 is 0. The van der Waals surface area contributed by atoms with E-state index < -0.39 is 0 Å². The molecular weight excluding hydrogens is 286 g/mol. The predicted octanol–water partition coefficient (Wildman–Crippen LogP) is 3.89. The third kappa shape index (κ3) is 3.82. The van der Waals surface area contributed by atoms with Crippen molar-refractivity contribution in [1.82, 2.24) is 15.1 Å². The van der Waals surface area contributed by atoms with E-state index in [2.05, 4.69) is 67.7 Å². The van der Waals surface area contributed by atoms with Crippen molar-refractivity contribution in [3.8, 4) is 0 Å². The number of rotatable bonds is 6. The average Bonchev–Trinajstić information content (AvgIpc) is 3.22. The van der Waals surface area contributed by atoms with Gasteiger partial charge in [-0.15, -0.1) is 0 Å². The molecule has 1 aliphatic heterocycles. The zero-order valence-corrected chi connectivity index (χ0v) is 14.3. The topological polar surface area (TPSA) is 39.1 Å². The zero-order valence-electron chi connectivity index (χ0n) is 14.3. The van der Waals surface area contributed by atoms with Gasteiger partial charge in [0.05, 0.1) is 12.3 Å². The number of hydrogen-bond donors (Lipinski definition) is 1. The van der Waals surface area contributed by atoms with Crippen LogP contribution in [0.25, 0.3) is 0 Å². The Morgan fingerprint density at radius 3 is 2.74 bits per heavy atom. The summed E-state index contributed by atoms with van der Waals surface area (Å²) in [4.78, 5) is 0. The smallest absolute Gasteiger partial charge is 0.0866 e. The Bertz CT molecular complexity index is 608. The highest BCUT2D eigenvalue weighted by Gasteiger charge is 2.29. The molecule has 0 radical (unpaired) electrons. The van der Waals surface area contributed by atoms with Gasteiger partial charge in [0.15, 0.2) is 0 Å². The number of ether oxygens (including phenoxy) is 1. The second-order valence-corrected chi connectivity index (χ2v) is 6.73. The van der Waals surface area contributed by atoms with Gasteiger partial charge in [0, 0.05) is 42.9 Å². The van der Waals surface area contributed by atoms with Gasteiger partial charge >= 0.3 is 0 Å². The molecule has 1 fully saturated rings. The zero-order chi connectivity index (χ0) is 16.2. The number of nitrogens with one attached hydrogen (secondary N) is 1. The number of benzene rings is 1. The van der Waals surface area contributed by atoms with Gasteiger partial charge in [-0.3, -0.25) is 4.68 Å². The second-order valence-electron chi connectivity index (χ2n) is 6.73. The summed E-state index contributed by atoms with van der Waals surface area (Å²) in [6, 6.07) is 11.3. The molecule has 0 bridgehead atoms. The van der Waals surface area contributed by atoms with Crippen molar-refractivity contribution in [2.45, 2.75) is 45.4 Å². The van der Waals surface area contributed by atoms with Gasteiger partial charge in [0.2, 0.25) is 0 Å².